The fourth-order valence-corrected chi connectivity index (χ4v) is 2.40. The highest BCUT2D eigenvalue weighted by atomic mass is 19.1. The summed E-state index contributed by atoms with van der Waals surface area (Å²) in [5.74, 6) is -2.00. The van der Waals surface area contributed by atoms with Crippen molar-refractivity contribution in [3.8, 4) is 22.9 Å². The number of pyridine rings is 1. The van der Waals surface area contributed by atoms with E-state index in [9.17, 15) is 13.6 Å². The molecular weight excluding hydrogens is 344 g/mol. The fraction of sp³-hybridized carbons (Fsp3) is 0.176. The van der Waals surface area contributed by atoms with Crippen molar-refractivity contribution in [2.45, 2.75) is 12.8 Å². The number of ether oxygens (including phenoxy) is 1. The van der Waals surface area contributed by atoms with Gasteiger partial charge in [0.1, 0.15) is 5.82 Å². The third kappa shape index (κ3) is 3.30. The number of carbonyl (C=O) groups is 1. The molecule has 0 saturated carbocycles. The molecule has 0 aliphatic heterocycles. The molecule has 0 bridgehead atoms. The van der Waals surface area contributed by atoms with Gasteiger partial charge in [-0.25, -0.2) is 13.3 Å². The molecular formula is C17H13F2N5O2. The van der Waals surface area contributed by atoms with Gasteiger partial charge in [0, 0.05) is 24.6 Å². The molecule has 0 unspecified atom stereocenters. The van der Waals surface area contributed by atoms with E-state index in [2.05, 4.69) is 15.4 Å². The van der Waals surface area contributed by atoms with E-state index in [1.807, 2.05) is 6.07 Å². The first-order valence-corrected chi connectivity index (χ1v) is 7.59. The van der Waals surface area contributed by atoms with E-state index < -0.39 is 17.5 Å². The van der Waals surface area contributed by atoms with E-state index in [-0.39, 0.29) is 35.7 Å². The first-order chi connectivity index (χ1) is 12.5. The van der Waals surface area contributed by atoms with E-state index in [1.54, 1.807) is 0 Å². The van der Waals surface area contributed by atoms with Crippen LogP contribution in [0.2, 0.25) is 0 Å². The number of nitrogens with one attached hydrogen (secondary N) is 1. The maximum Gasteiger partial charge on any atom is 0.249 e. The number of rotatable bonds is 5. The van der Waals surface area contributed by atoms with Crippen LogP contribution >= 0.6 is 0 Å². The minimum atomic E-state index is -0.822. The summed E-state index contributed by atoms with van der Waals surface area (Å²) in [6, 6.07) is 7.20. The van der Waals surface area contributed by atoms with Crippen molar-refractivity contribution < 1.29 is 18.3 Å². The Kier molecular flexibility index (Phi) is 4.75. The lowest BCUT2D eigenvalue weighted by Gasteiger charge is -2.09. The van der Waals surface area contributed by atoms with Crippen LogP contribution in [-0.2, 0) is 4.79 Å². The Morgan fingerprint density at radius 1 is 1.35 bits per heavy atom. The summed E-state index contributed by atoms with van der Waals surface area (Å²) >= 11 is 0. The summed E-state index contributed by atoms with van der Waals surface area (Å²) in [6.45, 7) is 0. The smallest absolute Gasteiger partial charge is 0.249 e. The molecule has 1 amide bonds. The molecule has 132 valence electrons. The molecule has 0 aliphatic carbocycles. The molecule has 9 heteroatoms. The van der Waals surface area contributed by atoms with Gasteiger partial charge in [-0.3, -0.25) is 10.1 Å². The van der Waals surface area contributed by atoms with Gasteiger partial charge in [-0.05, 0) is 24.3 Å². The van der Waals surface area contributed by atoms with E-state index in [1.165, 1.54) is 36.0 Å². The molecule has 3 aromatic rings. The lowest BCUT2D eigenvalue weighted by Crippen LogP contribution is -2.12. The molecule has 0 fully saturated rings. The normalized spacial score (nSPS) is 10.5. The maximum absolute atomic E-state index is 14.4. The van der Waals surface area contributed by atoms with Crippen molar-refractivity contribution >= 4 is 17.5 Å². The number of aromatic nitrogens is 3. The molecule has 0 saturated heterocycles. The van der Waals surface area contributed by atoms with Gasteiger partial charge in [0.2, 0.25) is 11.9 Å². The van der Waals surface area contributed by atoms with Crippen LogP contribution in [0.15, 0.2) is 30.5 Å². The second kappa shape index (κ2) is 7.14. The Labute approximate surface area is 146 Å². The van der Waals surface area contributed by atoms with Crippen molar-refractivity contribution in [1.82, 2.24) is 14.6 Å². The third-order valence-electron chi connectivity index (χ3n) is 3.61. The van der Waals surface area contributed by atoms with Crippen molar-refractivity contribution in [3.05, 3.63) is 42.1 Å². The van der Waals surface area contributed by atoms with Crippen LogP contribution in [0.3, 0.4) is 0 Å². The summed E-state index contributed by atoms with van der Waals surface area (Å²) < 4.78 is 34.7. The van der Waals surface area contributed by atoms with Gasteiger partial charge in [-0.2, -0.15) is 10.2 Å². The third-order valence-corrected chi connectivity index (χ3v) is 3.61. The molecule has 0 aliphatic rings. The average Bonchev–Trinajstić information content (AvgIpc) is 3.01. The molecule has 0 radical (unpaired) electrons. The number of hydrogen-bond acceptors (Lipinski definition) is 5. The van der Waals surface area contributed by atoms with Gasteiger partial charge in [0.15, 0.2) is 17.2 Å². The molecule has 7 nitrogen and oxygen atoms in total. The second-order valence-electron chi connectivity index (χ2n) is 5.30. The van der Waals surface area contributed by atoms with Gasteiger partial charge >= 0.3 is 0 Å². The van der Waals surface area contributed by atoms with E-state index in [0.29, 0.717) is 5.65 Å². The Hall–Kier alpha value is -3.54. The number of halogens is 2. The summed E-state index contributed by atoms with van der Waals surface area (Å²) in [4.78, 5) is 15.7. The minimum Gasteiger partial charge on any atom is -0.494 e. The Morgan fingerprint density at radius 2 is 2.15 bits per heavy atom. The zero-order valence-corrected chi connectivity index (χ0v) is 13.7. The predicted molar refractivity (Wildman–Crippen MR) is 88.4 cm³/mol. The average molecular weight is 357 g/mol. The standard InChI is InChI=1S/C17H13F2N5O2/c1-26-12-6-5-11(18)15(16(12)19)10-4-7-13-21-17(23-24(13)9-10)22-14(25)3-2-8-20/h4-7,9H,2-3H2,1H3,(H,22,23,25). The molecule has 1 aromatic carbocycles. The minimum absolute atomic E-state index is 0.0253. The number of hydrogen-bond donors (Lipinski definition) is 1. The quantitative estimate of drug-likeness (QED) is 0.758. The van der Waals surface area contributed by atoms with Crippen LogP contribution in [0.1, 0.15) is 12.8 Å². The lowest BCUT2D eigenvalue weighted by atomic mass is 10.1. The molecule has 2 heterocycles. The molecule has 3 rings (SSSR count). The summed E-state index contributed by atoms with van der Waals surface area (Å²) in [5, 5.41) is 15.0. The van der Waals surface area contributed by atoms with Crippen LogP contribution in [0.25, 0.3) is 16.8 Å². The molecule has 0 spiro atoms. The van der Waals surface area contributed by atoms with Crippen molar-refractivity contribution in [2.24, 2.45) is 0 Å². The maximum atomic E-state index is 14.4. The van der Waals surface area contributed by atoms with E-state index in [0.717, 1.165) is 6.07 Å². The number of carbonyl (C=O) groups excluding carboxylic acids is 1. The van der Waals surface area contributed by atoms with Gasteiger partial charge in [0.05, 0.1) is 18.7 Å². The number of amides is 1. The van der Waals surface area contributed by atoms with Crippen LogP contribution < -0.4 is 10.1 Å². The number of fused-ring (bicyclic) bond motifs is 1. The Morgan fingerprint density at radius 3 is 2.88 bits per heavy atom. The lowest BCUT2D eigenvalue weighted by molar-refractivity contribution is -0.116. The summed E-state index contributed by atoms with van der Waals surface area (Å²) in [6.07, 6.45) is 1.50. The van der Waals surface area contributed by atoms with Crippen LogP contribution in [-0.4, -0.2) is 27.6 Å². The molecule has 2 aromatic heterocycles. The van der Waals surface area contributed by atoms with Crippen LogP contribution in [0.4, 0.5) is 14.7 Å². The second-order valence-corrected chi connectivity index (χ2v) is 5.30. The number of methoxy groups -OCH3 is 1. The molecule has 1 N–H and O–H groups in total. The van der Waals surface area contributed by atoms with E-state index >= 15 is 0 Å². The topological polar surface area (TPSA) is 92.3 Å². The first kappa shape index (κ1) is 17.3. The highest BCUT2D eigenvalue weighted by Gasteiger charge is 2.17. The first-order valence-electron chi connectivity index (χ1n) is 7.59. The van der Waals surface area contributed by atoms with E-state index in [4.69, 9.17) is 10.00 Å². The molecule has 0 atom stereocenters. The van der Waals surface area contributed by atoms with Crippen LogP contribution in [0.5, 0.6) is 5.75 Å². The van der Waals surface area contributed by atoms with Gasteiger partial charge in [-0.15, -0.1) is 5.10 Å². The number of nitrogens with zero attached hydrogens (tertiary/aromatic N) is 4. The zero-order chi connectivity index (χ0) is 18.7. The SMILES string of the molecule is COc1ccc(F)c(-c2ccc3nc(NC(=O)CCC#N)nn3c2)c1F. The van der Waals surface area contributed by atoms with Gasteiger partial charge < -0.3 is 4.74 Å². The fourth-order valence-electron chi connectivity index (χ4n) is 2.40. The number of benzene rings is 1. The Bertz CT molecular complexity index is 1030. The highest BCUT2D eigenvalue weighted by Crippen LogP contribution is 2.31. The van der Waals surface area contributed by atoms with Gasteiger partial charge in [-0.1, -0.05) is 0 Å². The molecule has 26 heavy (non-hydrogen) atoms. The monoisotopic (exact) mass is 357 g/mol. The van der Waals surface area contributed by atoms with Crippen LogP contribution in [0, 0.1) is 23.0 Å². The predicted octanol–water partition coefficient (Wildman–Crippen LogP) is 2.93. The van der Waals surface area contributed by atoms with Crippen molar-refractivity contribution in [1.29, 1.82) is 5.26 Å². The summed E-state index contributed by atoms with van der Waals surface area (Å²) in [5.41, 5.74) is 0.369. The Balaban J connectivity index is 1.96. The number of nitriles is 1. The zero-order valence-electron chi connectivity index (χ0n) is 13.7. The van der Waals surface area contributed by atoms with Crippen molar-refractivity contribution in [2.75, 3.05) is 12.4 Å². The largest absolute Gasteiger partial charge is 0.494 e. The van der Waals surface area contributed by atoms with Gasteiger partial charge in [0.25, 0.3) is 0 Å². The number of anilines is 1. The highest BCUT2D eigenvalue weighted by molar-refractivity contribution is 5.89. The summed E-state index contributed by atoms with van der Waals surface area (Å²) in [7, 11) is 1.29. The van der Waals surface area contributed by atoms with Crippen molar-refractivity contribution in [3.63, 3.8) is 0 Å².